The van der Waals surface area contributed by atoms with E-state index in [1.165, 1.54) is 0 Å². The first-order valence-electron chi connectivity index (χ1n) is 5.86. The van der Waals surface area contributed by atoms with Crippen molar-refractivity contribution in [3.63, 3.8) is 0 Å². The van der Waals surface area contributed by atoms with Crippen LogP contribution in [0.15, 0.2) is 24.3 Å². The zero-order valence-corrected chi connectivity index (χ0v) is 10.0. The number of hydrogen-bond acceptors (Lipinski definition) is 1. The quantitative estimate of drug-likeness (QED) is 0.860. The van der Waals surface area contributed by atoms with Gasteiger partial charge in [0, 0.05) is 23.6 Å². The second-order valence-electron chi connectivity index (χ2n) is 4.92. The van der Waals surface area contributed by atoms with Gasteiger partial charge in [0.1, 0.15) is 0 Å². The Balaban J connectivity index is 2.37. The molecule has 0 unspecified atom stereocenters. The maximum atomic E-state index is 11.5. The van der Waals surface area contributed by atoms with Crippen LogP contribution in [0.25, 0.3) is 10.9 Å². The maximum absolute atomic E-state index is 11.5. The summed E-state index contributed by atoms with van der Waals surface area (Å²) in [5.74, 6) is -0.683. The van der Waals surface area contributed by atoms with Crippen molar-refractivity contribution < 1.29 is 9.90 Å². The molecule has 0 aliphatic heterocycles. The molecule has 3 heteroatoms. The van der Waals surface area contributed by atoms with Crippen LogP contribution in [0, 0.1) is 6.92 Å². The summed E-state index contributed by atoms with van der Waals surface area (Å²) < 4.78 is 2.09. The molecule has 3 nitrogen and oxygen atoms in total. The van der Waals surface area contributed by atoms with Crippen molar-refractivity contribution in [2.24, 2.45) is 7.05 Å². The molecule has 0 bridgehead atoms. The van der Waals surface area contributed by atoms with Gasteiger partial charge in [0.25, 0.3) is 0 Å². The molecule has 0 saturated heterocycles. The van der Waals surface area contributed by atoms with Crippen molar-refractivity contribution >= 4 is 16.9 Å². The van der Waals surface area contributed by atoms with E-state index in [2.05, 4.69) is 4.57 Å². The van der Waals surface area contributed by atoms with Crippen molar-refractivity contribution in [1.29, 1.82) is 0 Å². The molecule has 2 aromatic rings. The second kappa shape index (κ2) is 3.13. The fourth-order valence-corrected chi connectivity index (χ4v) is 2.82. The monoisotopic (exact) mass is 229 g/mol. The zero-order valence-electron chi connectivity index (χ0n) is 10.0. The van der Waals surface area contributed by atoms with E-state index < -0.39 is 11.4 Å². The van der Waals surface area contributed by atoms with Crippen LogP contribution in [0.4, 0.5) is 0 Å². The Morgan fingerprint density at radius 3 is 2.59 bits per heavy atom. The summed E-state index contributed by atoms with van der Waals surface area (Å²) >= 11 is 0. The fraction of sp³-hybridized carbons (Fsp3) is 0.357. The second-order valence-corrected chi connectivity index (χ2v) is 4.92. The molecule has 1 heterocycles. The van der Waals surface area contributed by atoms with Crippen LogP contribution >= 0.6 is 0 Å². The third-order valence-electron chi connectivity index (χ3n) is 4.04. The number of aliphatic carboxylic acids is 1. The lowest BCUT2D eigenvalue weighted by molar-refractivity contribution is -0.140. The van der Waals surface area contributed by atoms with Crippen molar-refractivity contribution in [3.8, 4) is 0 Å². The molecule has 0 atom stereocenters. The number of benzene rings is 1. The molecule has 1 aromatic heterocycles. The standard InChI is InChI=1S/C14H15NO2/c1-9-12(14(7-8-14)13(16)17)10-5-3-4-6-11(10)15(9)2/h3-6H,7-8H2,1-2H3,(H,16,17). The van der Waals surface area contributed by atoms with Crippen LogP contribution in [0.2, 0.25) is 0 Å². The molecule has 1 saturated carbocycles. The summed E-state index contributed by atoms with van der Waals surface area (Å²) in [6.07, 6.45) is 1.52. The number of carboxylic acids is 1. The Labute approximate surface area is 99.7 Å². The molecule has 0 spiro atoms. The SMILES string of the molecule is Cc1c(C2(C(=O)O)CC2)c2ccccc2n1C. The first-order chi connectivity index (χ1) is 8.08. The number of rotatable bonds is 2. The number of carboxylic acid groups (broad SMARTS) is 1. The summed E-state index contributed by atoms with van der Waals surface area (Å²) in [5, 5.41) is 10.5. The van der Waals surface area contributed by atoms with E-state index in [-0.39, 0.29) is 0 Å². The number of carbonyl (C=O) groups is 1. The van der Waals surface area contributed by atoms with E-state index >= 15 is 0 Å². The molecule has 88 valence electrons. The number of para-hydroxylation sites is 1. The van der Waals surface area contributed by atoms with Gasteiger partial charge in [-0.15, -0.1) is 0 Å². The molecule has 1 aliphatic rings. The molecule has 1 fully saturated rings. The van der Waals surface area contributed by atoms with Gasteiger partial charge in [-0.3, -0.25) is 4.79 Å². The van der Waals surface area contributed by atoms with Gasteiger partial charge in [-0.05, 0) is 31.4 Å². The van der Waals surface area contributed by atoms with E-state index in [9.17, 15) is 9.90 Å². The minimum Gasteiger partial charge on any atom is -0.481 e. The number of nitrogens with zero attached hydrogens (tertiary/aromatic N) is 1. The van der Waals surface area contributed by atoms with E-state index in [1.54, 1.807) is 0 Å². The zero-order chi connectivity index (χ0) is 12.2. The summed E-state index contributed by atoms with van der Waals surface area (Å²) in [5.41, 5.74) is 2.59. The van der Waals surface area contributed by atoms with Crippen LogP contribution < -0.4 is 0 Å². The number of aryl methyl sites for hydroxylation is 1. The Hall–Kier alpha value is -1.77. The first-order valence-corrected chi connectivity index (χ1v) is 5.86. The molecular weight excluding hydrogens is 214 g/mol. The van der Waals surface area contributed by atoms with E-state index in [4.69, 9.17) is 0 Å². The van der Waals surface area contributed by atoms with Gasteiger partial charge < -0.3 is 9.67 Å². The third kappa shape index (κ3) is 1.19. The lowest BCUT2D eigenvalue weighted by Gasteiger charge is -2.10. The van der Waals surface area contributed by atoms with Crippen LogP contribution in [0.1, 0.15) is 24.1 Å². The van der Waals surface area contributed by atoms with Crippen LogP contribution in [0.3, 0.4) is 0 Å². The van der Waals surface area contributed by atoms with Gasteiger partial charge in [-0.25, -0.2) is 0 Å². The van der Waals surface area contributed by atoms with E-state index in [0.29, 0.717) is 0 Å². The molecule has 17 heavy (non-hydrogen) atoms. The molecule has 1 aliphatic carbocycles. The number of aromatic nitrogens is 1. The largest absolute Gasteiger partial charge is 0.481 e. The smallest absolute Gasteiger partial charge is 0.314 e. The van der Waals surface area contributed by atoms with Crippen molar-refractivity contribution in [1.82, 2.24) is 4.57 Å². The highest BCUT2D eigenvalue weighted by atomic mass is 16.4. The highest BCUT2D eigenvalue weighted by molar-refractivity contribution is 5.95. The van der Waals surface area contributed by atoms with Gasteiger partial charge in [0.2, 0.25) is 0 Å². The summed E-state index contributed by atoms with van der Waals surface area (Å²) in [6, 6.07) is 8.04. The Morgan fingerprint density at radius 2 is 2.00 bits per heavy atom. The van der Waals surface area contributed by atoms with Crippen LogP contribution in [0.5, 0.6) is 0 Å². The van der Waals surface area contributed by atoms with Gasteiger partial charge >= 0.3 is 5.97 Å². The molecule has 0 amide bonds. The molecule has 3 rings (SSSR count). The third-order valence-corrected chi connectivity index (χ3v) is 4.04. The topological polar surface area (TPSA) is 42.2 Å². The van der Waals surface area contributed by atoms with Gasteiger partial charge in [0.15, 0.2) is 0 Å². The van der Waals surface area contributed by atoms with Gasteiger partial charge in [-0.2, -0.15) is 0 Å². The molecule has 1 N–H and O–H groups in total. The van der Waals surface area contributed by atoms with Crippen molar-refractivity contribution in [2.45, 2.75) is 25.2 Å². The highest BCUT2D eigenvalue weighted by Gasteiger charge is 2.54. The average Bonchev–Trinajstić information content (AvgIpc) is 3.06. The van der Waals surface area contributed by atoms with Crippen molar-refractivity contribution in [2.75, 3.05) is 0 Å². The van der Waals surface area contributed by atoms with Gasteiger partial charge in [0.05, 0.1) is 5.41 Å². The predicted octanol–water partition coefficient (Wildman–Crippen LogP) is 2.60. The first kappa shape index (κ1) is 10.4. The van der Waals surface area contributed by atoms with Crippen LogP contribution in [-0.2, 0) is 17.3 Å². The lowest BCUT2D eigenvalue weighted by atomic mass is 9.93. The predicted molar refractivity (Wildman–Crippen MR) is 66.2 cm³/mol. The Kier molecular flexibility index (Phi) is 1.91. The number of fused-ring (bicyclic) bond motifs is 1. The molecular formula is C14H15NO2. The minimum absolute atomic E-state index is 0.620. The average molecular weight is 229 g/mol. The Morgan fingerprint density at radius 1 is 1.35 bits per heavy atom. The summed E-state index contributed by atoms with van der Waals surface area (Å²) in [4.78, 5) is 11.5. The fourth-order valence-electron chi connectivity index (χ4n) is 2.82. The molecule has 0 radical (unpaired) electrons. The maximum Gasteiger partial charge on any atom is 0.314 e. The Bertz CT molecular complexity index is 620. The number of hydrogen-bond donors (Lipinski definition) is 1. The van der Waals surface area contributed by atoms with Crippen LogP contribution in [-0.4, -0.2) is 15.6 Å². The van der Waals surface area contributed by atoms with E-state index in [0.717, 1.165) is 35.0 Å². The summed E-state index contributed by atoms with van der Waals surface area (Å²) in [7, 11) is 2.00. The lowest BCUT2D eigenvalue weighted by Crippen LogP contribution is -2.20. The summed E-state index contributed by atoms with van der Waals surface area (Å²) in [6.45, 7) is 2.01. The van der Waals surface area contributed by atoms with E-state index in [1.807, 2.05) is 38.2 Å². The van der Waals surface area contributed by atoms with Crippen molar-refractivity contribution in [3.05, 3.63) is 35.5 Å². The normalized spacial score (nSPS) is 17.3. The minimum atomic E-state index is -0.683. The highest BCUT2D eigenvalue weighted by Crippen LogP contribution is 2.52. The van der Waals surface area contributed by atoms with Gasteiger partial charge in [-0.1, -0.05) is 18.2 Å². The molecule has 1 aromatic carbocycles.